The summed E-state index contributed by atoms with van der Waals surface area (Å²) >= 11 is 1.48. The Kier molecular flexibility index (Phi) is 2.72. The lowest BCUT2D eigenvalue weighted by Gasteiger charge is -2.35. The fraction of sp³-hybridized carbons (Fsp3) is 0.0588. The van der Waals surface area contributed by atoms with E-state index in [0.29, 0.717) is 0 Å². The highest BCUT2D eigenvalue weighted by Gasteiger charge is 2.53. The summed E-state index contributed by atoms with van der Waals surface area (Å²) in [5, 5.41) is 2.71. The van der Waals surface area contributed by atoms with Crippen LogP contribution in [0, 0.1) is 0 Å². The van der Waals surface area contributed by atoms with Crippen LogP contribution < -0.4 is 0 Å². The zero-order chi connectivity index (χ0) is 14.3. The molecule has 2 aliphatic heterocycles. The van der Waals surface area contributed by atoms with Gasteiger partial charge in [-0.15, -0.1) is 0 Å². The maximum absolute atomic E-state index is 12.8. The number of hydrogen-bond donors (Lipinski definition) is 0. The second-order valence-electron chi connectivity index (χ2n) is 4.91. The van der Waals surface area contributed by atoms with Gasteiger partial charge in [0.1, 0.15) is 0 Å². The minimum absolute atomic E-state index is 0.133. The largest absolute Gasteiger partial charge is 0.303 e. The summed E-state index contributed by atoms with van der Waals surface area (Å²) in [7, 11) is 0. The van der Waals surface area contributed by atoms with Crippen LogP contribution in [0.25, 0.3) is 0 Å². The predicted molar refractivity (Wildman–Crippen MR) is 84.7 cm³/mol. The van der Waals surface area contributed by atoms with Crippen molar-refractivity contribution < 1.29 is 4.79 Å². The van der Waals surface area contributed by atoms with E-state index >= 15 is 0 Å². The van der Waals surface area contributed by atoms with Crippen LogP contribution in [0.1, 0.15) is 11.1 Å². The van der Waals surface area contributed by atoms with Crippen molar-refractivity contribution in [1.29, 1.82) is 0 Å². The minimum Gasteiger partial charge on any atom is -0.303 e. The summed E-state index contributed by atoms with van der Waals surface area (Å²) in [5.74, 6) is -0.133. The Bertz CT molecular complexity index is 713. The first-order valence-corrected chi connectivity index (χ1v) is 7.58. The highest BCUT2D eigenvalue weighted by molar-refractivity contribution is 8.16. The van der Waals surface area contributed by atoms with Gasteiger partial charge in [-0.2, -0.15) is 4.99 Å². The van der Waals surface area contributed by atoms with Gasteiger partial charge in [0, 0.05) is 6.20 Å². The Labute approximate surface area is 127 Å². The third-order valence-corrected chi connectivity index (χ3v) is 4.60. The van der Waals surface area contributed by atoms with Crippen molar-refractivity contribution in [1.82, 2.24) is 4.90 Å². The van der Waals surface area contributed by atoms with E-state index in [-0.39, 0.29) is 5.91 Å². The zero-order valence-electron chi connectivity index (χ0n) is 11.1. The number of thioether (sulfide) groups is 1. The van der Waals surface area contributed by atoms with Crippen LogP contribution >= 0.6 is 11.8 Å². The summed E-state index contributed by atoms with van der Waals surface area (Å²) in [5.41, 5.74) is 0.997. The van der Waals surface area contributed by atoms with Gasteiger partial charge in [0.05, 0.1) is 0 Å². The van der Waals surface area contributed by atoms with Crippen LogP contribution in [-0.4, -0.2) is 16.0 Å². The number of benzene rings is 2. The molecule has 0 aromatic heterocycles. The van der Waals surface area contributed by atoms with E-state index in [1.165, 1.54) is 11.8 Å². The molecule has 0 saturated heterocycles. The molecule has 0 spiro atoms. The smallest absolute Gasteiger partial charge is 0.283 e. The quantitative estimate of drug-likeness (QED) is 0.851. The Morgan fingerprint density at radius 1 is 0.905 bits per heavy atom. The lowest BCUT2D eigenvalue weighted by molar-refractivity contribution is -0.123. The molecule has 4 heteroatoms. The van der Waals surface area contributed by atoms with Crippen LogP contribution in [0.5, 0.6) is 0 Å². The fourth-order valence-electron chi connectivity index (χ4n) is 2.93. The number of aliphatic imine (C=N–C) groups is 1. The van der Waals surface area contributed by atoms with Gasteiger partial charge < -0.3 is 4.90 Å². The second-order valence-corrected chi connectivity index (χ2v) is 5.79. The predicted octanol–water partition coefficient (Wildman–Crippen LogP) is 3.35. The van der Waals surface area contributed by atoms with Crippen molar-refractivity contribution >= 4 is 22.8 Å². The number of amidine groups is 1. The molecule has 1 amide bonds. The average Bonchev–Trinajstić information content (AvgIpc) is 3.08. The number of nitrogens with zero attached hydrogens (tertiary/aromatic N) is 2. The minimum atomic E-state index is -0.877. The van der Waals surface area contributed by atoms with Gasteiger partial charge in [-0.3, -0.25) is 4.79 Å². The van der Waals surface area contributed by atoms with E-state index in [0.717, 1.165) is 16.3 Å². The van der Waals surface area contributed by atoms with Crippen molar-refractivity contribution in [2.24, 2.45) is 4.99 Å². The van der Waals surface area contributed by atoms with E-state index < -0.39 is 5.54 Å². The number of carbonyl (C=O) groups is 1. The Morgan fingerprint density at radius 3 is 2.05 bits per heavy atom. The number of hydrogen-bond acceptors (Lipinski definition) is 3. The molecule has 0 bridgehead atoms. The monoisotopic (exact) mass is 292 g/mol. The number of carbonyl (C=O) groups excluding carboxylic acids is 1. The third-order valence-electron chi connectivity index (χ3n) is 3.84. The van der Waals surface area contributed by atoms with E-state index in [2.05, 4.69) is 4.99 Å². The van der Waals surface area contributed by atoms with Crippen molar-refractivity contribution in [3.8, 4) is 0 Å². The van der Waals surface area contributed by atoms with Gasteiger partial charge in [-0.1, -0.05) is 72.4 Å². The molecule has 4 rings (SSSR count). The normalized spacial score (nSPS) is 18.8. The van der Waals surface area contributed by atoms with E-state index in [9.17, 15) is 4.79 Å². The van der Waals surface area contributed by atoms with Gasteiger partial charge in [0.15, 0.2) is 10.7 Å². The molecule has 0 saturated carbocycles. The first-order valence-electron chi connectivity index (χ1n) is 6.70. The molecule has 21 heavy (non-hydrogen) atoms. The topological polar surface area (TPSA) is 32.7 Å². The molecule has 0 N–H and O–H groups in total. The first kappa shape index (κ1) is 12.4. The van der Waals surface area contributed by atoms with Crippen LogP contribution in [0.15, 0.2) is 77.3 Å². The summed E-state index contributed by atoms with van der Waals surface area (Å²) in [6.45, 7) is 0. The van der Waals surface area contributed by atoms with Gasteiger partial charge in [0.2, 0.25) is 0 Å². The van der Waals surface area contributed by atoms with Crippen molar-refractivity contribution in [3.05, 3.63) is 83.4 Å². The Balaban J connectivity index is 2.01. The van der Waals surface area contributed by atoms with Crippen LogP contribution in [-0.2, 0) is 10.3 Å². The third kappa shape index (κ3) is 1.63. The lowest BCUT2D eigenvalue weighted by atomic mass is 9.81. The molecule has 2 aromatic carbocycles. The van der Waals surface area contributed by atoms with Crippen molar-refractivity contribution in [2.75, 3.05) is 0 Å². The van der Waals surface area contributed by atoms with E-state index in [1.54, 1.807) is 0 Å². The molecule has 0 radical (unpaired) electrons. The van der Waals surface area contributed by atoms with Gasteiger partial charge in [0.25, 0.3) is 5.91 Å². The van der Waals surface area contributed by atoms with Crippen LogP contribution in [0.4, 0.5) is 0 Å². The first-order chi connectivity index (χ1) is 10.3. The van der Waals surface area contributed by atoms with Gasteiger partial charge in [-0.25, -0.2) is 0 Å². The summed E-state index contributed by atoms with van der Waals surface area (Å²) in [4.78, 5) is 19.1. The standard InChI is InChI=1S/C17H12N2OS/c20-15-17(13-7-3-1-4-8-13,14-9-5-2-6-10-14)19-11-12-21-16(19)18-15/h1-12H. The number of rotatable bonds is 2. The van der Waals surface area contributed by atoms with Crippen molar-refractivity contribution in [2.45, 2.75) is 5.54 Å². The molecule has 2 aliphatic rings. The summed E-state index contributed by atoms with van der Waals surface area (Å²) in [6.07, 6.45) is 1.94. The van der Waals surface area contributed by atoms with E-state index in [4.69, 9.17) is 0 Å². The van der Waals surface area contributed by atoms with Crippen LogP contribution in [0.2, 0.25) is 0 Å². The summed E-state index contributed by atoms with van der Waals surface area (Å²) < 4.78 is 0. The van der Waals surface area contributed by atoms with Crippen LogP contribution in [0.3, 0.4) is 0 Å². The van der Waals surface area contributed by atoms with Crippen molar-refractivity contribution in [3.63, 3.8) is 0 Å². The maximum atomic E-state index is 12.8. The molecule has 102 valence electrons. The molecular weight excluding hydrogens is 280 g/mol. The molecule has 0 fully saturated rings. The molecule has 3 nitrogen and oxygen atoms in total. The van der Waals surface area contributed by atoms with E-state index in [1.807, 2.05) is 77.2 Å². The molecule has 2 heterocycles. The molecule has 0 aliphatic carbocycles. The molecule has 0 atom stereocenters. The molecule has 2 aromatic rings. The fourth-order valence-corrected chi connectivity index (χ4v) is 3.68. The zero-order valence-corrected chi connectivity index (χ0v) is 12.0. The number of fused-ring (bicyclic) bond motifs is 1. The highest BCUT2D eigenvalue weighted by Crippen LogP contribution is 2.45. The lowest BCUT2D eigenvalue weighted by Crippen LogP contribution is -2.45. The highest BCUT2D eigenvalue weighted by atomic mass is 32.2. The SMILES string of the molecule is O=C1N=C2SC=CN2C1(c1ccccc1)c1ccccc1. The molecule has 0 unspecified atom stereocenters. The summed E-state index contributed by atoms with van der Waals surface area (Å²) in [6, 6.07) is 19.7. The maximum Gasteiger partial charge on any atom is 0.283 e. The Hall–Kier alpha value is -2.33. The average molecular weight is 292 g/mol. The van der Waals surface area contributed by atoms with Gasteiger partial charge in [-0.05, 0) is 16.5 Å². The number of amides is 1. The molecular formula is C17H12N2OS. The van der Waals surface area contributed by atoms with Gasteiger partial charge >= 0.3 is 0 Å². The Morgan fingerprint density at radius 2 is 1.48 bits per heavy atom. The second kappa shape index (κ2) is 4.60.